The van der Waals surface area contributed by atoms with Gasteiger partial charge in [-0.25, -0.2) is 26.4 Å². The Balaban J connectivity index is 4.56. The summed E-state index contributed by atoms with van der Waals surface area (Å²) in [5.74, 6) is -1.16. The van der Waals surface area contributed by atoms with E-state index in [0.29, 0.717) is 6.26 Å². The molecule has 90 valence electrons. The molecule has 0 aliphatic rings. The highest BCUT2D eigenvalue weighted by atomic mass is 32.2. The first kappa shape index (κ1) is 14.0. The van der Waals surface area contributed by atoms with E-state index in [-0.39, 0.29) is 0 Å². The van der Waals surface area contributed by atoms with Gasteiger partial charge in [-0.2, -0.15) is 0 Å². The van der Waals surface area contributed by atoms with Crippen molar-refractivity contribution in [1.29, 1.82) is 0 Å². The molecule has 0 saturated heterocycles. The van der Waals surface area contributed by atoms with Gasteiger partial charge in [0.05, 0.1) is 5.75 Å². The first-order valence-corrected chi connectivity index (χ1v) is 5.75. The average molecular weight is 249 g/mol. The fourth-order valence-electron chi connectivity index (χ4n) is 0.801. The van der Waals surface area contributed by atoms with Crippen LogP contribution in [0.2, 0.25) is 0 Å². The largest absolute Gasteiger partial charge is 0.437 e. The van der Waals surface area contributed by atoms with Crippen molar-refractivity contribution in [2.24, 2.45) is 5.73 Å². The molecule has 5 nitrogen and oxygen atoms in total. The number of alkyl halides is 3. The number of hydrogen-bond acceptors (Lipinski definition) is 4. The molecular formula is C6H10F3NO4S. The molecular weight excluding hydrogens is 239 g/mol. The molecule has 0 heterocycles. The molecule has 0 aliphatic heterocycles. The molecule has 0 saturated carbocycles. The van der Waals surface area contributed by atoms with Gasteiger partial charge in [0.2, 0.25) is 0 Å². The maximum Gasteiger partial charge on any atom is 0.405 e. The van der Waals surface area contributed by atoms with Crippen LogP contribution in [0.15, 0.2) is 0 Å². The van der Waals surface area contributed by atoms with Crippen molar-refractivity contribution >= 4 is 15.9 Å². The molecule has 2 atom stereocenters. The molecule has 0 aromatic heterocycles. The average Bonchev–Trinajstić information content (AvgIpc) is 1.95. The second-order valence-electron chi connectivity index (χ2n) is 2.84. The van der Waals surface area contributed by atoms with E-state index in [2.05, 4.69) is 10.5 Å². The van der Waals surface area contributed by atoms with Gasteiger partial charge in [0.1, 0.15) is 9.84 Å². The Hall–Kier alpha value is -0.990. The molecule has 0 spiro atoms. The van der Waals surface area contributed by atoms with Crippen molar-refractivity contribution in [2.45, 2.75) is 18.7 Å². The second kappa shape index (κ2) is 5.19. The number of carbonyl (C=O) groups is 1. The lowest BCUT2D eigenvalue weighted by atomic mass is 10.2. The number of carbonyl (C=O) groups excluding carboxylic acids is 1. The van der Waals surface area contributed by atoms with E-state index in [4.69, 9.17) is 0 Å². The number of nitrogens with two attached hydrogens (primary N) is 1. The van der Waals surface area contributed by atoms with E-state index in [1.165, 1.54) is 0 Å². The third-order valence-electron chi connectivity index (χ3n) is 1.32. The van der Waals surface area contributed by atoms with Gasteiger partial charge in [0.15, 0.2) is 12.3 Å². The van der Waals surface area contributed by atoms with Crippen LogP contribution in [0, 0.1) is 0 Å². The maximum atomic E-state index is 13.0. The fraction of sp³-hybridized carbons (Fsp3) is 0.833. The minimum Gasteiger partial charge on any atom is -0.437 e. The lowest BCUT2D eigenvalue weighted by molar-refractivity contribution is -0.0487. The van der Waals surface area contributed by atoms with E-state index < -0.39 is 40.4 Å². The highest BCUT2D eigenvalue weighted by molar-refractivity contribution is 7.90. The van der Waals surface area contributed by atoms with Gasteiger partial charge >= 0.3 is 6.09 Å². The molecule has 0 aliphatic carbocycles. The summed E-state index contributed by atoms with van der Waals surface area (Å²) in [4.78, 5) is 10.1. The summed E-state index contributed by atoms with van der Waals surface area (Å²) in [6, 6.07) is 0. The van der Waals surface area contributed by atoms with Crippen molar-refractivity contribution in [1.82, 2.24) is 0 Å². The molecule has 9 heteroatoms. The summed E-state index contributed by atoms with van der Waals surface area (Å²) < 4.78 is 62.2. The molecule has 0 aromatic carbocycles. The lowest BCUT2D eigenvalue weighted by Gasteiger charge is -2.18. The first-order chi connectivity index (χ1) is 6.63. The lowest BCUT2D eigenvalue weighted by Crippen LogP contribution is -2.40. The zero-order valence-corrected chi connectivity index (χ0v) is 8.51. The predicted octanol–water partition coefficient (Wildman–Crippen LogP) is 0.0981. The van der Waals surface area contributed by atoms with Crippen molar-refractivity contribution < 1.29 is 31.1 Å². The standard InChI is InChI=1S/C6H10F3NO4S/c1-15(12,13)2-3(7)4(5(8)9)14-6(10)11/h3-5H,2H2,1H3,(H2,10,11). The van der Waals surface area contributed by atoms with Crippen LogP contribution in [0.5, 0.6) is 0 Å². The van der Waals surface area contributed by atoms with Crippen molar-refractivity contribution in [3.8, 4) is 0 Å². The topological polar surface area (TPSA) is 86.5 Å². The molecule has 0 rings (SSSR count). The summed E-state index contributed by atoms with van der Waals surface area (Å²) >= 11 is 0. The van der Waals surface area contributed by atoms with Crippen molar-refractivity contribution in [3.05, 3.63) is 0 Å². The zero-order valence-electron chi connectivity index (χ0n) is 7.69. The molecule has 0 fully saturated rings. The van der Waals surface area contributed by atoms with Crippen LogP contribution in [0.25, 0.3) is 0 Å². The maximum absolute atomic E-state index is 13.0. The Morgan fingerprint density at radius 2 is 1.87 bits per heavy atom. The first-order valence-electron chi connectivity index (χ1n) is 3.69. The zero-order chi connectivity index (χ0) is 12.2. The van der Waals surface area contributed by atoms with Crippen LogP contribution in [0.3, 0.4) is 0 Å². The number of rotatable bonds is 5. The van der Waals surface area contributed by atoms with Gasteiger partial charge in [-0.1, -0.05) is 0 Å². The van der Waals surface area contributed by atoms with Crippen molar-refractivity contribution in [2.75, 3.05) is 12.0 Å². The monoisotopic (exact) mass is 249 g/mol. The van der Waals surface area contributed by atoms with E-state index in [1.54, 1.807) is 0 Å². The molecule has 2 N–H and O–H groups in total. The molecule has 0 aromatic rings. The number of sulfone groups is 1. The Labute approximate surface area is 84.3 Å². The summed E-state index contributed by atoms with van der Waals surface area (Å²) in [6.45, 7) is 0. The van der Waals surface area contributed by atoms with Crippen LogP contribution >= 0.6 is 0 Å². The van der Waals surface area contributed by atoms with Crippen LogP contribution < -0.4 is 5.73 Å². The third kappa shape index (κ3) is 6.15. The SMILES string of the molecule is CS(=O)(=O)CC(F)C(OC(N)=O)C(F)F. The number of ether oxygens (including phenoxy) is 1. The quantitative estimate of drug-likeness (QED) is 0.748. The third-order valence-corrected chi connectivity index (χ3v) is 2.24. The Bertz CT molecular complexity index is 318. The van der Waals surface area contributed by atoms with Crippen molar-refractivity contribution in [3.63, 3.8) is 0 Å². The van der Waals surface area contributed by atoms with Gasteiger partial charge in [-0.3, -0.25) is 0 Å². The van der Waals surface area contributed by atoms with E-state index in [0.717, 1.165) is 0 Å². The van der Waals surface area contributed by atoms with Gasteiger partial charge in [-0.05, 0) is 0 Å². The van der Waals surface area contributed by atoms with E-state index in [9.17, 15) is 26.4 Å². The number of amides is 1. The van der Waals surface area contributed by atoms with Gasteiger partial charge in [-0.15, -0.1) is 0 Å². The fourth-order valence-corrected chi connectivity index (χ4v) is 1.57. The van der Waals surface area contributed by atoms with Crippen LogP contribution in [0.1, 0.15) is 0 Å². The van der Waals surface area contributed by atoms with Crippen LogP contribution in [0.4, 0.5) is 18.0 Å². The minimum atomic E-state index is -3.78. The highest BCUT2D eigenvalue weighted by Crippen LogP contribution is 2.15. The molecule has 1 amide bonds. The van der Waals surface area contributed by atoms with Gasteiger partial charge in [0, 0.05) is 6.26 Å². The minimum absolute atomic E-state index is 0.673. The summed E-state index contributed by atoms with van der Waals surface area (Å²) in [6.07, 6.45) is -9.22. The Morgan fingerprint density at radius 1 is 1.40 bits per heavy atom. The summed E-state index contributed by atoms with van der Waals surface area (Å²) in [5.41, 5.74) is 4.42. The van der Waals surface area contributed by atoms with Gasteiger partial charge < -0.3 is 10.5 Å². The van der Waals surface area contributed by atoms with E-state index in [1.807, 2.05) is 0 Å². The highest BCUT2D eigenvalue weighted by Gasteiger charge is 2.35. The van der Waals surface area contributed by atoms with E-state index >= 15 is 0 Å². The Morgan fingerprint density at radius 3 is 2.13 bits per heavy atom. The van der Waals surface area contributed by atoms with Crippen LogP contribution in [-0.4, -0.2) is 45.2 Å². The molecule has 15 heavy (non-hydrogen) atoms. The molecule has 2 unspecified atom stereocenters. The van der Waals surface area contributed by atoms with Gasteiger partial charge in [0.25, 0.3) is 6.43 Å². The summed E-state index contributed by atoms with van der Waals surface area (Å²) in [7, 11) is -3.78. The predicted molar refractivity (Wildman–Crippen MR) is 45.1 cm³/mol. The normalized spacial score (nSPS) is 16.1. The summed E-state index contributed by atoms with van der Waals surface area (Å²) in [5, 5.41) is 0. The number of hydrogen-bond donors (Lipinski definition) is 1. The smallest absolute Gasteiger partial charge is 0.405 e. The Kier molecular flexibility index (Phi) is 4.85. The second-order valence-corrected chi connectivity index (χ2v) is 5.03. The number of primary amides is 1. The molecule has 0 bridgehead atoms. The molecule has 0 radical (unpaired) electrons. The number of halogens is 3. The van der Waals surface area contributed by atoms with Crippen LogP contribution in [-0.2, 0) is 14.6 Å².